The minimum atomic E-state index is -1.09. The van der Waals surface area contributed by atoms with Crippen LogP contribution in [0.4, 0.5) is 10.5 Å². The molecule has 0 saturated carbocycles. The van der Waals surface area contributed by atoms with Crippen LogP contribution in [-0.2, 0) is 9.53 Å². The maximum atomic E-state index is 11.8. The molecule has 1 unspecified atom stereocenters. The first kappa shape index (κ1) is 16.3. The summed E-state index contributed by atoms with van der Waals surface area (Å²) in [5, 5.41) is 14.0. The van der Waals surface area contributed by atoms with Crippen LogP contribution in [0.5, 0.6) is 0 Å². The molecule has 0 aliphatic rings. The summed E-state index contributed by atoms with van der Waals surface area (Å²) in [6.45, 7) is 0.263. The van der Waals surface area contributed by atoms with E-state index in [1.807, 2.05) is 24.5 Å². The molecule has 0 saturated heterocycles. The number of hydrogen-bond acceptors (Lipinski definition) is 4. The van der Waals surface area contributed by atoms with Crippen molar-refractivity contribution < 1.29 is 19.4 Å². The first-order valence-corrected chi connectivity index (χ1v) is 7.22. The number of ether oxygens (including phenoxy) is 1. The number of carbonyl (C=O) groups excluding carboxylic acids is 1. The van der Waals surface area contributed by atoms with E-state index in [0.717, 1.165) is 4.90 Å². The first-order chi connectivity index (χ1) is 9.56. The molecule has 0 spiro atoms. The molecule has 1 aromatic carbocycles. The molecule has 1 aromatic rings. The number of benzene rings is 1. The van der Waals surface area contributed by atoms with Crippen molar-refractivity contribution in [1.29, 1.82) is 0 Å². The van der Waals surface area contributed by atoms with Crippen molar-refractivity contribution >= 4 is 29.4 Å². The molecule has 0 fully saturated rings. The monoisotopic (exact) mass is 298 g/mol. The quantitative estimate of drug-likeness (QED) is 0.670. The van der Waals surface area contributed by atoms with Crippen molar-refractivity contribution in [3.63, 3.8) is 0 Å². The Morgan fingerprint density at radius 1 is 1.45 bits per heavy atom. The number of urea groups is 1. The molecule has 3 N–H and O–H groups in total. The van der Waals surface area contributed by atoms with E-state index >= 15 is 0 Å². The van der Waals surface area contributed by atoms with Crippen LogP contribution in [0.3, 0.4) is 0 Å². The van der Waals surface area contributed by atoms with E-state index in [9.17, 15) is 9.59 Å². The van der Waals surface area contributed by atoms with Gasteiger partial charge in [0.05, 0.1) is 0 Å². The van der Waals surface area contributed by atoms with E-state index in [1.165, 1.54) is 7.11 Å². The van der Waals surface area contributed by atoms with Gasteiger partial charge in [0.2, 0.25) is 0 Å². The topological polar surface area (TPSA) is 87.7 Å². The van der Waals surface area contributed by atoms with Crippen LogP contribution in [0.1, 0.15) is 6.42 Å². The number of nitrogens with one attached hydrogen (secondary N) is 2. The summed E-state index contributed by atoms with van der Waals surface area (Å²) in [6, 6.07) is 5.78. The Labute approximate surface area is 121 Å². The third kappa shape index (κ3) is 5.50. The minimum Gasteiger partial charge on any atom is -0.480 e. The van der Waals surface area contributed by atoms with Gasteiger partial charge in [-0.1, -0.05) is 6.07 Å². The highest BCUT2D eigenvalue weighted by atomic mass is 32.2. The van der Waals surface area contributed by atoms with E-state index in [-0.39, 0.29) is 13.0 Å². The van der Waals surface area contributed by atoms with Crippen LogP contribution in [0.15, 0.2) is 29.2 Å². The van der Waals surface area contributed by atoms with Gasteiger partial charge in [-0.05, 0) is 24.5 Å². The van der Waals surface area contributed by atoms with E-state index in [1.54, 1.807) is 17.8 Å². The normalized spacial score (nSPS) is 11.7. The van der Waals surface area contributed by atoms with Crippen LogP contribution in [-0.4, -0.2) is 43.1 Å². The lowest BCUT2D eigenvalue weighted by Gasteiger charge is -2.15. The summed E-state index contributed by atoms with van der Waals surface area (Å²) in [5.74, 6) is -1.09. The zero-order valence-corrected chi connectivity index (χ0v) is 12.2. The predicted molar refractivity (Wildman–Crippen MR) is 78.3 cm³/mol. The second-order valence-corrected chi connectivity index (χ2v) is 4.88. The van der Waals surface area contributed by atoms with Gasteiger partial charge in [-0.2, -0.15) is 0 Å². The smallest absolute Gasteiger partial charge is 0.326 e. The molecule has 1 rings (SSSR count). The number of carboxylic acids is 1. The highest BCUT2D eigenvalue weighted by molar-refractivity contribution is 7.98. The number of rotatable bonds is 7. The van der Waals surface area contributed by atoms with Gasteiger partial charge in [-0.15, -0.1) is 11.8 Å². The molecule has 20 heavy (non-hydrogen) atoms. The fourth-order valence-electron chi connectivity index (χ4n) is 1.52. The lowest BCUT2D eigenvalue weighted by molar-refractivity contribution is -0.139. The van der Waals surface area contributed by atoms with E-state index in [2.05, 4.69) is 10.6 Å². The molecule has 2 amide bonds. The van der Waals surface area contributed by atoms with Gasteiger partial charge in [0.25, 0.3) is 0 Å². The number of anilines is 1. The summed E-state index contributed by atoms with van der Waals surface area (Å²) in [6.07, 6.45) is 2.15. The van der Waals surface area contributed by atoms with Gasteiger partial charge in [0.1, 0.15) is 6.04 Å². The maximum Gasteiger partial charge on any atom is 0.326 e. The van der Waals surface area contributed by atoms with Gasteiger partial charge in [0.15, 0.2) is 0 Å². The Morgan fingerprint density at radius 2 is 2.20 bits per heavy atom. The van der Waals surface area contributed by atoms with Crippen molar-refractivity contribution in [3.8, 4) is 0 Å². The van der Waals surface area contributed by atoms with Crippen LogP contribution in [0.2, 0.25) is 0 Å². The maximum absolute atomic E-state index is 11.8. The number of carboxylic acid groups (broad SMARTS) is 1. The zero-order valence-electron chi connectivity index (χ0n) is 11.4. The highest BCUT2D eigenvalue weighted by Gasteiger charge is 2.19. The van der Waals surface area contributed by atoms with Gasteiger partial charge in [0, 0.05) is 30.7 Å². The lowest BCUT2D eigenvalue weighted by Crippen LogP contribution is -2.43. The van der Waals surface area contributed by atoms with Gasteiger partial charge in [-0.25, -0.2) is 9.59 Å². The second kappa shape index (κ2) is 8.44. The van der Waals surface area contributed by atoms with E-state index in [0.29, 0.717) is 5.69 Å². The largest absolute Gasteiger partial charge is 0.480 e. The fraction of sp³-hybridized carbons (Fsp3) is 0.385. The zero-order chi connectivity index (χ0) is 15.0. The third-order valence-corrected chi connectivity index (χ3v) is 3.27. The first-order valence-electron chi connectivity index (χ1n) is 6.00. The van der Waals surface area contributed by atoms with Crippen LogP contribution >= 0.6 is 11.8 Å². The highest BCUT2D eigenvalue weighted by Crippen LogP contribution is 2.18. The molecule has 110 valence electrons. The number of carbonyl (C=O) groups is 2. The van der Waals surface area contributed by atoms with Crippen molar-refractivity contribution in [1.82, 2.24) is 5.32 Å². The number of methoxy groups -OCH3 is 1. The Kier molecular flexibility index (Phi) is 6.89. The molecular weight excluding hydrogens is 280 g/mol. The van der Waals surface area contributed by atoms with E-state index < -0.39 is 18.0 Å². The van der Waals surface area contributed by atoms with Gasteiger partial charge < -0.3 is 20.5 Å². The second-order valence-electron chi connectivity index (χ2n) is 4.00. The average Bonchev–Trinajstić information content (AvgIpc) is 2.43. The molecule has 6 nitrogen and oxygen atoms in total. The molecule has 0 bridgehead atoms. The summed E-state index contributed by atoms with van der Waals surface area (Å²) < 4.78 is 4.81. The predicted octanol–water partition coefficient (Wildman–Crippen LogP) is 2.02. The summed E-state index contributed by atoms with van der Waals surface area (Å²) in [7, 11) is 1.48. The fourth-order valence-corrected chi connectivity index (χ4v) is 1.98. The number of aliphatic carboxylic acids is 1. The van der Waals surface area contributed by atoms with Crippen LogP contribution < -0.4 is 10.6 Å². The Bertz CT molecular complexity index is 467. The summed E-state index contributed by atoms with van der Waals surface area (Å²) >= 11 is 1.56. The third-order valence-electron chi connectivity index (χ3n) is 2.54. The molecule has 0 aromatic heterocycles. The molecule has 0 aliphatic carbocycles. The van der Waals surface area contributed by atoms with E-state index in [4.69, 9.17) is 9.84 Å². The minimum absolute atomic E-state index is 0.212. The SMILES string of the molecule is COCCC(NC(=O)Nc1cccc(SC)c1)C(=O)O. The van der Waals surface area contributed by atoms with Crippen LogP contribution in [0, 0.1) is 0 Å². The average molecular weight is 298 g/mol. The summed E-state index contributed by atoms with van der Waals surface area (Å²) in [5.41, 5.74) is 0.616. The van der Waals surface area contributed by atoms with Crippen molar-refractivity contribution in [2.24, 2.45) is 0 Å². The molecule has 0 radical (unpaired) electrons. The van der Waals surface area contributed by atoms with Crippen molar-refractivity contribution in [2.45, 2.75) is 17.4 Å². The van der Waals surface area contributed by atoms with Crippen LogP contribution in [0.25, 0.3) is 0 Å². The molecule has 1 atom stereocenters. The standard InChI is InChI=1S/C13H18N2O4S/c1-19-7-6-11(12(16)17)15-13(18)14-9-4-3-5-10(8-9)20-2/h3-5,8,11H,6-7H2,1-2H3,(H,16,17)(H2,14,15,18). The Hall–Kier alpha value is -1.73. The lowest BCUT2D eigenvalue weighted by atomic mass is 10.2. The van der Waals surface area contributed by atoms with Gasteiger partial charge in [-0.3, -0.25) is 0 Å². The van der Waals surface area contributed by atoms with Gasteiger partial charge >= 0.3 is 12.0 Å². The molecule has 7 heteroatoms. The summed E-state index contributed by atoms with van der Waals surface area (Å²) in [4.78, 5) is 23.8. The molecule has 0 aliphatic heterocycles. The Morgan fingerprint density at radius 3 is 2.80 bits per heavy atom. The Balaban J connectivity index is 2.58. The van der Waals surface area contributed by atoms with Crippen molar-refractivity contribution in [2.75, 3.05) is 25.3 Å². The number of hydrogen-bond donors (Lipinski definition) is 3. The molecular formula is C13H18N2O4S. The number of amides is 2. The number of thioether (sulfide) groups is 1. The molecule has 0 heterocycles. The van der Waals surface area contributed by atoms with Crippen molar-refractivity contribution in [3.05, 3.63) is 24.3 Å².